The average molecular weight is 366 g/mol. The fourth-order valence-electron chi connectivity index (χ4n) is 3.25. The number of ether oxygens (including phenoxy) is 1. The second kappa shape index (κ2) is 8.77. The van der Waals surface area contributed by atoms with Gasteiger partial charge >= 0.3 is 5.97 Å². The SMILES string of the molecule is CCOC(=O)c1c(NCCN(CC)CC)nnc2c1ccc1ccccc12. The summed E-state index contributed by atoms with van der Waals surface area (Å²) in [4.78, 5) is 15.0. The zero-order valence-corrected chi connectivity index (χ0v) is 16.2. The Labute approximate surface area is 159 Å². The third-order valence-electron chi connectivity index (χ3n) is 4.75. The Hall–Kier alpha value is -2.73. The molecule has 0 saturated carbocycles. The van der Waals surface area contributed by atoms with Gasteiger partial charge in [0.1, 0.15) is 11.1 Å². The number of hydrogen-bond donors (Lipinski definition) is 1. The number of esters is 1. The highest BCUT2D eigenvalue weighted by molar-refractivity contribution is 6.14. The van der Waals surface area contributed by atoms with Crippen molar-refractivity contribution in [1.29, 1.82) is 0 Å². The smallest absolute Gasteiger partial charge is 0.342 e. The van der Waals surface area contributed by atoms with Crippen LogP contribution in [0.25, 0.3) is 21.7 Å². The van der Waals surface area contributed by atoms with Crippen molar-refractivity contribution in [2.24, 2.45) is 0 Å². The molecule has 0 fully saturated rings. The number of anilines is 1. The van der Waals surface area contributed by atoms with Crippen LogP contribution in [0.4, 0.5) is 5.82 Å². The molecule has 0 saturated heterocycles. The number of benzene rings is 2. The minimum absolute atomic E-state index is 0.315. The molecule has 27 heavy (non-hydrogen) atoms. The number of nitrogens with zero attached hydrogens (tertiary/aromatic N) is 3. The number of carbonyl (C=O) groups excluding carboxylic acids is 1. The molecule has 0 aliphatic rings. The van der Waals surface area contributed by atoms with Gasteiger partial charge in [0.15, 0.2) is 5.82 Å². The molecule has 0 atom stereocenters. The van der Waals surface area contributed by atoms with Gasteiger partial charge in [0.05, 0.1) is 6.61 Å². The van der Waals surface area contributed by atoms with E-state index in [0.29, 0.717) is 30.0 Å². The molecule has 0 amide bonds. The Bertz CT molecular complexity index is 938. The van der Waals surface area contributed by atoms with Crippen LogP contribution < -0.4 is 5.32 Å². The molecular formula is C21H26N4O2. The molecule has 6 nitrogen and oxygen atoms in total. The number of rotatable bonds is 8. The van der Waals surface area contributed by atoms with Crippen LogP contribution >= 0.6 is 0 Å². The van der Waals surface area contributed by atoms with Crippen LogP contribution in [-0.2, 0) is 4.74 Å². The first-order chi connectivity index (χ1) is 13.2. The fourth-order valence-corrected chi connectivity index (χ4v) is 3.25. The zero-order chi connectivity index (χ0) is 19.2. The van der Waals surface area contributed by atoms with Crippen LogP contribution in [0.2, 0.25) is 0 Å². The Morgan fingerprint density at radius 3 is 2.56 bits per heavy atom. The van der Waals surface area contributed by atoms with Gasteiger partial charge in [0.25, 0.3) is 0 Å². The van der Waals surface area contributed by atoms with E-state index in [9.17, 15) is 4.79 Å². The van der Waals surface area contributed by atoms with Crippen molar-refractivity contribution in [2.45, 2.75) is 20.8 Å². The molecule has 3 rings (SSSR count). The number of hydrogen-bond acceptors (Lipinski definition) is 6. The Morgan fingerprint density at radius 1 is 1.04 bits per heavy atom. The summed E-state index contributed by atoms with van der Waals surface area (Å²) >= 11 is 0. The average Bonchev–Trinajstić information content (AvgIpc) is 2.70. The van der Waals surface area contributed by atoms with Crippen molar-refractivity contribution in [3.63, 3.8) is 0 Å². The van der Waals surface area contributed by atoms with Crippen LogP contribution in [0.5, 0.6) is 0 Å². The molecule has 142 valence electrons. The second-order valence-corrected chi connectivity index (χ2v) is 6.28. The van der Waals surface area contributed by atoms with Crippen molar-refractivity contribution in [3.8, 4) is 0 Å². The first-order valence-electron chi connectivity index (χ1n) is 9.51. The first-order valence-corrected chi connectivity index (χ1v) is 9.51. The number of aromatic nitrogens is 2. The van der Waals surface area contributed by atoms with Crippen LogP contribution in [0, 0.1) is 0 Å². The fraction of sp³-hybridized carbons (Fsp3) is 0.381. The maximum absolute atomic E-state index is 12.7. The van der Waals surface area contributed by atoms with E-state index in [1.807, 2.05) is 36.4 Å². The highest BCUT2D eigenvalue weighted by Crippen LogP contribution is 2.29. The molecule has 1 heterocycles. The van der Waals surface area contributed by atoms with Crippen molar-refractivity contribution in [2.75, 3.05) is 38.1 Å². The quantitative estimate of drug-likeness (QED) is 0.484. The van der Waals surface area contributed by atoms with Crippen LogP contribution in [0.3, 0.4) is 0 Å². The van der Waals surface area contributed by atoms with E-state index in [0.717, 1.165) is 35.8 Å². The predicted octanol–water partition coefficient (Wildman–Crippen LogP) is 3.71. The van der Waals surface area contributed by atoms with Crippen LogP contribution in [0.1, 0.15) is 31.1 Å². The highest BCUT2D eigenvalue weighted by atomic mass is 16.5. The molecule has 0 spiro atoms. The summed E-state index contributed by atoms with van der Waals surface area (Å²) in [6.07, 6.45) is 0. The lowest BCUT2D eigenvalue weighted by Crippen LogP contribution is -2.29. The standard InChI is InChI=1S/C21H26N4O2/c1-4-25(5-2)14-13-22-20-18(21(26)27-6-3)17-12-11-15-9-7-8-10-16(15)19(17)23-24-20/h7-12H,4-6,13-14H2,1-3H3,(H,22,24). The summed E-state index contributed by atoms with van der Waals surface area (Å²) in [7, 11) is 0. The van der Waals surface area contributed by atoms with Crippen molar-refractivity contribution >= 4 is 33.5 Å². The first kappa shape index (κ1) is 19.0. The van der Waals surface area contributed by atoms with E-state index in [2.05, 4.69) is 34.3 Å². The summed E-state index contributed by atoms with van der Waals surface area (Å²) in [5.41, 5.74) is 1.16. The number of nitrogens with one attached hydrogen (secondary N) is 1. The number of carbonyl (C=O) groups is 1. The van der Waals surface area contributed by atoms with E-state index >= 15 is 0 Å². The van der Waals surface area contributed by atoms with Gasteiger partial charge in [0, 0.05) is 23.9 Å². The monoisotopic (exact) mass is 366 g/mol. The lowest BCUT2D eigenvalue weighted by molar-refractivity contribution is 0.0529. The minimum Gasteiger partial charge on any atom is -0.462 e. The summed E-state index contributed by atoms with van der Waals surface area (Å²) in [6, 6.07) is 11.9. The second-order valence-electron chi connectivity index (χ2n) is 6.28. The summed E-state index contributed by atoms with van der Waals surface area (Å²) in [6.45, 7) is 9.90. The van der Waals surface area contributed by atoms with Gasteiger partial charge in [-0.25, -0.2) is 4.79 Å². The Balaban J connectivity index is 2.03. The molecule has 0 unspecified atom stereocenters. The molecular weight excluding hydrogens is 340 g/mol. The molecule has 3 aromatic rings. The van der Waals surface area contributed by atoms with Gasteiger partial charge in [-0.3, -0.25) is 0 Å². The Kier molecular flexibility index (Phi) is 6.19. The Morgan fingerprint density at radius 2 is 1.81 bits per heavy atom. The van der Waals surface area contributed by atoms with Crippen molar-refractivity contribution in [1.82, 2.24) is 15.1 Å². The lowest BCUT2D eigenvalue weighted by atomic mass is 10.0. The molecule has 2 aromatic carbocycles. The summed E-state index contributed by atoms with van der Waals surface area (Å²) in [5, 5.41) is 14.8. The van der Waals surface area contributed by atoms with Gasteiger partial charge in [-0.2, -0.15) is 0 Å². The maximum atomic E-state index is 12.7. The molecule has 0 aliphatic heterocycles. The molecule has 1 N–H and O–H groups in total. The largest absolute Gasteiger partial charge is 0.462 e. The minimum atomic E-state index is -0.377. The third-order valence-corrected chi connectivity index (χ3v) is 4.75. The normalized spacial score (nSPS) is 11.3. The predicted molar refractivity (Wildman–Crippen MR) is 109 cm³/mol. The van der Waals surface area contributed by atoms with Gasteiger partial charge in [0.2, 0.25) is 0 Å². The maximum Gasteiger partial charge on any atom is 0.342 e. The zero-order valence-electron chi connectivity index (χ0n) is 16.2. The number of fused-ring (bicyclic) bond motifs is 3. The van der Waals surface area contributed by atoms with Gasteiger partial charge in [-0.05, 0) is 25.4 Å². The topological polar surface area (TPSA) is 67.3 Å². The number of likely N-dealkylation sites (N-methyl/N-ethyl adjacent to an activating group) is 1. The van der Waals surface area contributed by atoms with E-state index in [-0.39, 0.29) is 5.97 Å². The van der Waals surface area contributed by atoms with E-state index in [1.54, 1.807) is 6.92 Å². The lowest BCUT2D eigenvalue weighted by Gasteiger charge is -2.19. The van der Waals surface area contributed by atoms with Gasteiger partial charge in [-0.1, -0.05) is 50.2 Å². The molecule has 1 aromatic heterocycles. The van der Waals surface area contributed by atoms with E-state index < -0.39 is 0 Å². The van der Waals surface area contributed by atoms with E-state index in [1.165, 1.54) is 0 Å². The molecule has 6 heteroatoms. The highest BCUT2D eigenvalue weighted by Gasteiger charge is 2.20. The van der Waals surface area contributed by atoms with E-state index in [4.69, 9.17) is 4.74 Å². The van der Waals surface area contributed by atoms with Crippen molar-refractivity contribution in [3.05, 3.63) is 42.0 Å². The molecule has 0 bridgehead atoms. The third kappa shape index (κ3) is 4.01. The van der Waals surface area contributed by atoms with Gasteiger partial charge < -0.3 is 15.0 Å². The molecule has 0 radical (unpaired) electrons. The summed E-state index contributed by atoms with van der Waals surface area (Å²) in [5.74, 6) is 0.0985. The summed E-state index contributed by atoms with van der Waals surface area (Å²) < 4.78 is 5.30. The molecule has 0 aliphatic carbocycles. The van der Waals surface area contributed by atoms with Gasteiger partial charge in [-0.15, -0.1) is 10.2 Å². The van der Waals surface area contributed by atoms with Crippen molar-refractivity contribution < 1.29 is 9.53 Å². The van der Waals surface area contributed by atoms with Crippen LogP contribution in [-0.4, -0.2) is 53.9 Å². The van der Waals surface area contributed by atoms with Crippen LogP contribution in [0.15, 0.2) is 36.4 Å².